The van der Waals surface area contributed by atoms with Gasteiger partial charge >= 0.3 is 0 Å². The van der Waals surface area contributed by atoms with Gasteiger partial charge in [0.05, 0.1) is 23.9 Å². The molecule has 0 radical (unpaired) electrons. The van der Waals surface area contributed by atoms with Crippen LogP contribution >= 0.6 is 0 Å². The van der Waals surface area contributed by atoms with Gasteiger partial charge in [-0.2, -0.15) is 0 Å². The van der Waals surface area contributed by atoms with Gasteiger partial charge in [0, 0.05) is 12.7 Å². The van der Waals surface area contributed by atoms with Gasteiger partial charge in [-0.15, -0.1) is 0 Å². The van der Waals surface area contributed by atoms with E-state index in [9.17, 15) is 14.7 Å². The third-order valence-electron chi connectivity index (χ3n) is 6.41. The minimum absolute atomic E-state index is 0.0734. The first kappa shape index (κ1) is 25.4. The van der Waals surface area contributed by atoms with Crippen LogP contribution in [0.5, 0.6) is 5.75 Å². The number of nitrogens with zero attached hydrogens (tertiary/aromatic N) is 4. The number of imidazole rings is 1. The fraction of sp³-hybridized carbons (Fsp3) is 0.393. The molecule has 4 rings (SSSR count). The average molecular weight is 491 g/mol. The zero-order chi connectivity index (χ0) is 25.8. The number of carbonyl (C=O) groups is 2. The summed E-state index contributed by atoms with van der Waals surface area (Å²) in [5.74, 6) is -0.846. The van der Waals surface area contributed by atoms with E-state index in [1.807, 2.05) is 61.5 Å². The molecule has 1 atom stereocenters. The van der Waals surface area contributed by atoms with Gasteiger partial charge in [-0.05, 0) is 70.2 Å². The van der Waals surface area contributed by atoms with E-state index in [-0.39, 0.29) is 11.3 Å². The van der Waals surface area contributed by atoms with Gasteiger partial charge in [0.15, 0.2) is 5.76 Å². The van der Waals surface area contributed by atoms with Crippen molar-refractivity contribution in [1.29, 1.82) is 0 Å². The van der Waals surface area contributed by atoms with E-state index in [2.05, 4.69) is 11.9 Å². The summed E-state index contributed by atoms with van der Waals surface area (Å²) in [5.41, 5.74) is 2.44. The molecule has 1 saturated heterocycles. The van der Waals surface area contributed by atoms with Crippen molar-refractivity contribution in [2.24, 2.45) is 0 Å². The van der Waals surface area contributed by atoms with Gasteiger partial charge in [0.25, 0.3) is 11.7 Å². The van der Waals surface area contributed by atoms with Crippen molar-refractivity contribution < 1.29 is 19.4 Å². The number of ketones is 1. The van der Waals surface area contributed by atoms with E-state index in [4.69, 9.17) is 4.74 Å². The fourth-order valence-corrected chi connectivity index (χ4v) is 4.65. The number of rotatable bonds is 10. The first-order chi connectivity index (χ1) is 17.3. The smallest absolute Gasteiger partial charge is 0.295 e. The minimum atomic E-state index is -0.726. The van der Waals surface area contributed by atoms with Crippen LogP contribution in [-0.2, 0) is 9.59 Å². The third kappa shape index (κ3) is 4.99. The number of aliphatic hydroxyl groups excluding tert-OH is 1. The van der Waals surface area contributed by atoms with Crippen molar-refractivity contribution >= 4 is 23.1 Å². The van der Waals surface area contributed by atoms with Gasteiger partial charge in [-0.3, -0.25) is 14.0 Å². The first-order valence-electron chi connectivity index (χ1n) is 12.4. The molecule has 8 nitrogen and oxygen atoms in total. The molecule has 1 aromatic carbocycles. The Morgan fingerprint density at radius 1 is 1.14 bits per heavy atom. The monoisotopic (exact) mass is 490 g/mol. The quantitative estimate of drug-likeness (QED) is 0.198. The topological polar surface area (TPSA) is 87.4 Å². The van der Waals surface area contributed by atoms with Crippen LogP contribution in [0.25, 0.3) is 11.4 Å². The summed E-state index contributed by atoms with van der Waals surface area (Å²) in [5, 5.41) is 11.6. The lowest BCUT2D eigenvalue weighted by Gasteiger charge is -2.26. The SMILES string of the molecule is CCCCOc1cccc(C2C(=C(O)c3c(C)nc4ccccn34)C(=O)C(=O)N2CCCN(C)C)c1. The van der Waals surface area contributed by atoms with Crippen molar-refractivity contribution in [3.05, 3.63) is 71.2 Å². The number of aryl methyl sites for hydroxylation is 1. The summed E-state index contributed by atoms with van der Waals surface area (Å²) in [6, 6.07) is 12.3. The van der Waals surface area contributed by atoms with E-state index < -0.39 is 17.7 Å². The Bertz CT molecular complexity index is 1290. The predicted molar refractivity (Wildman–Crippen MR) is 139 cm³/mol. The maximum atomic E-state index is 13.4. The fourth-order valence-electron chi connectivity index (χ4n) is 4.65. The van der Waals surface area contributed by atoms with E-state index in [1.165, 1.54) is 0 Å². The van der Waals surface area contributed by atoms with Crippen LogP contribution in [0.4, 0.5) is 0 Å². The summed E-state index contributed by atoms with van der Waals surface area (Å²) in [6.45, 7) is 5.62. The van der Waals surface area contributed by atoms with Gasteiger partial charge in [0.1, 0.15) is 17.1 Å². The first-order valence-corrected chi connectivity index (χ1v) is 12.4. The lowest BCUT2D eigenvalue weighted by atomic mass is 9.96. The van der Waals surface area contributed by atoms with Crippen LogP contribution in [0.3, 0.4) is 0 Å². The molecule has 0 bridgehead atoms. The second-order valence-electron chi connectivity index (χ2n) is 9.40. The number of pyridine rings is 1. The number of amides is 1. The van der Waals surface area contributed by atoms with E-state index in [1.54, 1.807) is 22.4 Å². The molecule has 1 amide bonds. The van der Waals surface area contributed by atoms with Crippen molar-refractivity contribution in [1.82, 2.24) is 19.2 Å². The molecular formula is C28H34N4O4. The molecule has 0 saturated carbocycles. The number of benzene rings is 1. The highest BCUT2D eigenvalue weighted by atomic mass is 16.5. The Labute approximate surface area is 211 Å². The van der Waals surface area contributed by atoms with Crippen molar-refractivity contribution in [2.45, 2.75) is 39.2 Å². The van der Waals surface area contributed by atoms with Crippen LogP contribution in [0.2, 0.25) is 0 Å². The standard InChI is InChI=1S/C28H34N4O4/c1-5-6-17-36-21-12-9-11-20(18-21)25-23(27(34)28(35)32(25)16-10-14-30(3)4)26(33)24-19(2)29-22-13-7-8-15-31(22)24/h7-9,11-13,15,18,25,33H,5-6,10,14,16-17H2,1-4H3. The molecule has 1 fully saturated rings. The molecule has 1 aliphatic heterocycles. The number of Topliss-reactive ketones (excluding diaryl/α,β-unsaturated/α-hetero) is 1. The van der Waals surface area contributed by atoms with Crippen molar-refractivity contribution in [3.63, 3.8) is 0 Å². The Hall–Kier alpha value is -3.65. The van der Waals surface area contributed by atoms with Crippen LogP contribution in [0, 0.1) is 6.92 Å². The number of carbonyl (C=O) groups excluding carboxylic acids is 2. The molecule has 36 heavy (non-hydrogen) atoms. The molecule has 1 unspecified atom stereocenters. The number of likely N-dealkylation sites (tertiary alicyclic amines) is 1. The maximum absolute atomic E-state index is 13.4. The van der Waals surface area contributed by atoms with Gasteiger partial charge in [-0.1, -0.05) is 31.5 Å². The summed E-state index contributed by atoms with van der Waals surface area (Å²) < 4.78 is 7.65. The van der Waals surface area contributed by atoms with Gasteiger partial charge in [0.2, 0.25) is 0 Å². The summed E-state index contributed by atoms with van der Waals surface area (Å²) in [4.78, 5) is 34.8. The molecule has 2 aromatic heterocycles. The number of fused-ring (bicyclic) bond motifs is 1. The number of hydrogen-bond donors (Lipinski definition) is 1. The highest BCUT2D eigenvalue weighted by Crippen LogP contribution is 2.40. The molecule has 3 heterocycles. The minimum Gasteiger partial charge on any atom is -0.505 e. The largest absolute Gasteiger partial charge is 0.505 e. The zero-order valence-electron chi connectivity index (χ0n) is 21.4. The Morgan fingerprint density at radius 2 is 1.94 bits per heavy atom. The lowest BCUT2D eigenvalue weighted by molar-refractivity contribution is -0.139. The molecule has 8 heteroatoms. The predicted octanol–water partition coefficient (Wildman–Crippen LogP) is 4.20. The molecular weight excluding hydrogens is 456 g/mol. The number of hydrogen-bond acceptors (Lipinski definition) is 6. The molecule has 3 aromatic rings. The highest BCUT2D eigenvalue weighted by molar-refractivity contribution is 6.46. The van der Waals surface area contributed by atoms with E-state index >= 15 is 0 Å². The van der Waals surface area contributed by atoms with Crippen LogP contribution in [0.15, 0.2) is 54.2 Å². The van der Waals surface area contributed by atoms with Crippen molar-refractivity contribution in [3.8, 4) is 5.75 Å². The maximum Gasteiger partial charge on any atom is 0.295 e. The van der Waals surface area contributed by atoms with Crippen molar-refractivity contribution in [2.75, 3.05) is 33.8 Å². The number of aromatic nitrogens is 2. The Kier molecular flexibility index (Phi) is 7.74. The highest BCUT2D eigenvalue weighted by Gasteiger charge is 2.46. The third-order valence-corrected chi connectivity index (χ3v) is 6.41. The molecule has 1 aliphatic rings. The number of aliphatic hydroxyl groups is 1. The summed E-state index contributed by atoms with van der Waals surface area (Å²) >= 11 is 0. The van der Waals surface area contributed by atoms with Gasteiger partial charge < -0.3 is 19.6 Å². The molecule has 0 aliphatic carbocycles. The lowest BCUT2D eigenvalue weighted by Crippen LogP contribution is -2.32. The second kappa shape index (κ2) is 11.0. The Morgan fingerprint density at radius 3 is 2.69 bits per heavy atom. The average Bonchev–Trinajstić information content (AvgIpc) is 3.32. The van der Waals surface area contributed by atoms with Crippen LogP contribution in [0.1, 0.15) is 49.2 Å². The number of unbranched alkanes of at least 4 members (excludes halogenated alkanes) is 1. The normalized spacial score (nSPS) is 17.5. The van der Waals surface area contributed by atoms with Crippen LogP contribution in [-0.4, -0.2) is 69.8 Å². The van der Waals surface area contributed by atoms with E-state index in [0.29, 0.717) is 42.4 Å². The molecule has 1 N–H and O–H groups in total. The molecule has 0 spiro atoms. The Balaban J connectivity index is 1.83. The van der Waals surface area contributed by atoms with Gasteiger partial charge in [-0.25, -0.2) is 4.98 Å². The second-order valence-corrected chi connectivity index (χ2v) is 9.40. The zero-order valence-corrected chi connectivity index (χ0v) is 21.4. The van der Waals surface area contributed by atoms with E-state index in [0.717, 1.165) is 24.9 Å². The number of ether oxygens (including phenoxy) is 1. The molecule has 190 valence electrons. The van der Waals surface area contributed by atoms with Crippen LogP contribution < -0.4 is 4.74 Å². The summed E-state index contributed by atoms with van der Waals surface area (Å²) in [7, 11) is 3.94. The summed E-state index contributed by atoms with van der Waals surface area (Å²) in [6.07, 6.45) is 4.43.